The van der Waals surface area contributed by atoms with Crippen LogP contribution in [0.1, 0.15) is 34.5 Å². The number of amides is 1. The first-order chi connectivity index (χ1) is 17.5. The Hall–Kier alpha value is -4.42. The number of aromatic nitrogens is 5. The molecule has 0 spiro atoms. The van der Waals surface area contributed by atoms with E-state index in [-0.39, 0.29) is 11.9 Å². The summed E-state index contributed by atoms with van der Waals surface area (Å²) >= 11 is 6.54. The van der Waals surface area contributed by atoms with Crippen molar-refractivity contribution in [2.45, 2.75) is 25.4 Å². The van der Waals surface area contributed by atoms with E-state index >= 15 is 0 Å². The molecule has 6 rings (SSSR count). The lowest BCUT2D eigenvalue weighted by atomic mass is 10.1. The zero-order valence-electron chi connectivity index (χ0n) is 19.4. The van der Waals surface area contributed by atoms with E-state index in [9.17, 15) is 10.1 Å². The first-order valence-electron chi connectivity index (χ1n) is 11.5. The number of anilines is 1. The lowest BCUT2D eigenvalue weighted by Gasteiger charge is -2.12. The standard InChI is InChI=1S/C26H21ClN8O/c1-34-9-8-18(33-34)13-29-24-25-30-14-23(35(25)22-7-2-15(12-28)10-21(22)32-24)16-3-6-19(20(27)11-16)26(36)31-17-4-5-17/h2-3,6-11,14,17H,4-5,13H2,1H3,(H,29,32)(H,31,36). The van der Waals surface area contributed by atoms with Gasteiger partial charge in [-0.3, -0.25) is 13.9 Å². The Balaban J connectivity index is 1.45. The molecule has 3 aromatic heterocycles. The number of halogens is 1. The van der Waals surface area contributed by atoms with Crippen molar-refractivity contribution in [3.8, 4) is 17.3 Å². The lowest BCUT2D eigenvalue weighted by Crippen LogP contribution is -2.25. The van der Waals surface area contributed by atoms with E-state index in [0.717, 1.165) is 35.3 Å². The van der Waals surface area contributed by atoms with E-state index in [0.29, 0.717) is 39.7 Å². The van der Waals surface area contributed by atoms with E-state index < -0.39 is 0 Å². The third kappa shape index (κ3) is 4.01. The fraction of sp³-hybridized carbons (Fsp3) is 0.192. The second-order valence-electron chi connectivity index (χ2n) is 8.85. The molecule has 0 unspecified atom stereocenters. The first-order valence-corrected chi connectivity index (χ1v) is 11.9. The maximum absolute atomic E-state index is 12.5. The van der Waals surface area contributed by atoms with Crippen LogP contribution in [0.2, 0.25) is 5.02 Å². The van der Waals surface area contributed by atoms with Crippen LogP contribution in [0.3, 0.4) is 0 Å². The van der Waals surface area contributed by atoms with Crippen molar-refractivity contribution in [2.75, 3.05) is 5.32 Å². The van der Waals surface area contributed by atoms with Crippen LogP contribution in [0.4, 0.5) is 5.82 Å². The average Bonchev–Trinajstić information content (AvgIpc) is 3.41. The van der Waals surface area contributed by atoms with Crippen LogP contribution in [-0.4, -0.2) is 36.1 Å². The summed E-state index contributed by atoms with van der Waals surface area (Å²) in [5.74, 6) is 0.410. The molecular weight excluding hydrogens is 476 g/mol. The number of fused-ring (bicyclic) bond motifs is 3. The van der Waals surface area contributed by atoms with Crippen LogP contribution in [0.5, 0.6) is 0 Å². The van der Waals surface area contributed by atoms with E-state index in [1.807, 2.05) is 35.8 Å². The summed E-state index contributed by atoms with van der Waals surface area (Å²) < 4.78 is 3.73. The van der Waals surface area contributed by atoms with Crippen LogP contribution < -0.4 is 10.6 Å². The zero-order valence-corrected chi connectivity index (χ0v) is 20.1. The third-order valence-corrected chi connectivity index (χ3v) is 6.49. The highest BCUT2D eigenvalue weighted by Crippen LogP contribution is 2.31. The third-order valence-electron chi connectivity index (χ3n) is 6.18. The van der Waals surface area contributed by atoms with Crippen LogP contribution in [0.15, 0.2) is 54.9 Å². The molecule has 0 saturated heterocycles. The summed E-state index contributed by atoms with van der Waals surface area (Å²) in [5, 5.41) is 20.5. The first kappa shape index (κ1) is 22.1. The molecule has 0 aliphatic heterocycles. The Labute approximate surface area is 211 Å². The summed E-state index contributed by atoms with van der Waals surface area (Å²) in [7, 11) is 1.87. The molecule has 0 radical (unpaired) electrons. The Morgan fingerprint density at radius 1 is 1.22 bits per heavy atom. The SMILES string of the molecule is Cn1ccc(CNc2nc3cc(C#N)ccc3n3c(-c4ccc(C(=O)NC5CC5)c(Cl)c4)cnc23)n1. The molecule has 3 heterocycles. The molecule has 1 saturated carbocycles. The highest BCUT2D eigenvalue weighted by molar-refractivity contribution is 6.34. The van der Waals surface area contributed by atoms with Gasteiger partial charge in [-0.15, -0.1) is 0 Å². The number of benzene rings is 2. The van der Waals surface area contributed by atoms with Crippen LogP contribution in [-0.2, 0) is 13.6 Å². The van der Waals surface area contributed by atoms with Crippen molar-refractivity contribution in [1.82, 2.24) is 29.5 Å². The highest BCUT2D eigenvalue weighted by atomic mass is 35.5. The number of hydrogen-bond donors (Lipinski definition) is 2. The zero-order chi connectivity index (χ0) is 24.8. The van der Waals surface area contributed by atoms with Gasteiger partial charge < -0.3 is 10.6 Å². The second-order valence-corrected chi connectivity index (χ2v) is 9.26. The fourth-order valence-corrected chi connectivity index (χ4v) is 4.47. The van der Waals surface area contributed by atoms with Gasteiger partial charge in [0.2, 0.25) is 0 Å². The normalized spacial score (nSPS) is 13.1. The van der Waals surface area contributed by atoms with Crippen LogP contribution >= 0.6 is 11.6 Å². The second kappa shape index (κ2) is 8.66. The maximum atomic E-state index is 12.5. The minimum atomic E-state index is -0.160. The molecule has 1 aliphatic rings. The van der Waals surface area contributed by atoms with Crippen LogP contribution in [0, 0.1) is 11.3 Å². The van der Waals surface area contributed by atoms with Gasteiger partial charge in [0.25, 0.3) is 5.91 Å². The van der Waals surface area contributed by atoms with E-state index in [2.05, 4.69) is 26.8 Å². The molecule has 10 heteroatoms. The fourth-order valence-electron chi connectivity index (χ4n) is 4.21. The van der Waals surface area contributed by atoms with E-state index in [1.54, 1.807) is 35.1 Å². The molecule has 0 bridgehead atoms. The molecule has 2 aromatic carbocycles. The minimum Gasteiger partial charge on any atom is -0.361 e. The summed E-state index contributed by atoms with van der Waals surface area (Å²) in [6.07, 6.45) is 5.66. The number of nitrogens with zero attached hydrogens (tertiary/aromatic N) is 6. The van der Waals surface area contributed by atoms with Gasteiger partial charge in [-0.25, -0.2) is 9.97 Å². The Kier molecular flexibility index (Phi) is 5.31. The quantitative estimate of drug-likeness (QED) is 0.362. The summed E-state index contributed by atoms with van der Waals surface area (Å²) in [5.41, 5.74) is 5.50. The van der Waals surface area contributed by atoms with E-state index in [1.165, 1.54) is 0 Å². The van der Waals surface area contributed by atoms with Gasteiger partial charge in [-0.2, -0.15) is 10.4 Å². The molecule has 1 fully saturated rings. The number of rotatable bonds is 6. The number of imidazole rings is 1. The molecule has 1 amide bonds. The number of nitriles is 1. The number of nitrogens with one attached hydrogen (secondary N) is 2. The summed E-state index contributed by atoms with van der Waals surface area (Å²) in [6.45, 7) is 0.464. The smallest absolute Gasteiger partial charge is 0.253 e. The monoisotopic (exact) mass is 496 g/mol. The van der Waals surface area contributed by atoms with Crippen molar-refractivity contribution in [3.05, 3.63) is 76.7 Å². The predicted molar refractivity (Wildman–Crippen MR) is 137 cm³/mol. The Morgan fingerprint density at radius 3 is 2.81 bits per heavy atom. The number of carbonyl (C=O) groups is 1. The minimum absolute atomic E-state index is 0.160. The van der Waals surface area contributed by atoms with Crippen molar-refractivity contribution in [2.24, 2.45) is 7.05 Å². The van der Waals surface area contributed by atoms with E-state index in [4.69, 9.17) is 16.6 Å². The Bertz CT molecular complexity index is 1690. The highest BCUT2D eigenvalue weighted by Gasteiger charge is 2.25. The van der Waals surface area contributed by atoms with Gasteiger partial charge >= 0.3 is 0 Å². The molecule has 5 aromatic rings. The molecule has 178 valence electrons. The van der Waals surface area contributed by atoms with Gasteiger partial charge in [0, 0.05) is 24.8 Å². The van der Waals surface area contributed by atoms with Gasteiger partial charge in [0.1, 0.15) is 0 Å². The topological polar surface area (TPSA) is 113 Å². The van der Waals surface area contributed by atoms with Gasteiger partial charge in [0.05, 0.1) is 57.4 Å². The van der Waals surface area contributed by atoms with Crippen LogP contribution in [0.25, 0.3) is 27.9 Å². The lowest BCUT2D eigenvalue weighted by molar-refractivity contribution is 0.0951. The van der Waals surface area contributed by atoms with Crippen molar-refractivity contribution >= 4 is 40.0 Å². The van der Waals surface area contributed by atoms with Gasteiger partial charge in [-0.1, -0.05) is 17.7 Å². The molecule has 36 heavy (non-hydrogen) atoms. The number of aryl methyl sites for hydroxylation is 1. The number of carbonyl (C=O) groups excluding carboxylic acids is 1. The summed E-state index contributed by atoms with van der Waals surface area (Å²) in [4.78, 5) is 22.0. The molecule has 9 nitrogen and oxygen atoms in total. The maximum Gasteiger partial charge on any atom is 0.253 e. The molecular formula is C26H21ClN8O. The van der Waals surface area contributed by atoms with Crippen molar-refractivity contribution < 1.29 is 4.79 Å². The number of hydrogen-bond acceptors (Lipinski definition) is 6. The van der Waals surface area contributed by atoms with Gasteiger partial charge in [-0.05, 0) is 49.2 Å². The molecule has 0 atom stereocenters. The van der Waals surface area contributed by atoms with Crippen molar-refractivity contribution in [3.63, 3.8) is 0 Å². The summed E-state index contributed by atoms with van der Waals surface area (Å²) in [6, 6.07) is 15.1. The molecule has 2 N–H and O–H groups in total. The largest absolute Gasteiger partial charge is 0.361 e. The molecule has 1 aliphatic carbocycles. The van der Waals surface area contributed by atoms with Crippen molar-refractivity contribution in [1.29, 1.82) is 5.26 Å². The predicted octanol–water partition coefficient (Wildman–Crippen LogP) is 4.31. The van der Waals surface area contributed by atoms with Gasteiger partial charge in [0.15, 0.2) is 11.5 Å². The Morgan fingerprint density at radius 2 is 2.08 bits per heavy atom. The average molecular weight is 497 g/mol.